The zero-order valence-corrected chi connectivity index (χ0v) is 11.1. The van der Waals surface area contributed by atoms with Gasteiger partial charge in [0.05, 0.1) is 19.3 Å². The summed E-state index contributed by atoms with van der Waals surface area (Å²) < 4.78 is 12.6. The van der Waals surface area contributed by atoms with Gasteiger partial charge in [0, 0.05) is 10.0 Å². The number of nitrogens with one attached hydrogen (secondary N) is 1. The topological polar surface area (TPSA) is 30.5 Å². The summed E-state index contributed by atoms with van der Waals surface area (Å²) in [6.45, 7) is 3.29. The maximum Gasteiger partial charge on any atom is 0.192 e. The van der Waals surface area contributed by atoms with Crippen LogP contribution in [0.15, 0.2) is 28.7 Å². The summed E-state index contributed by atoms with van der Waals surface area (Å²) in [4.78, 5) is 0. The Hall–Kier alpha value is -0.420. The molecule has 0 amide bonds. The molecule has 1 heterocycles. The second-order valence-electron chi connectivity index (χ2n) is 4.06. The second kappa shape index (κ2) is 4.84. The highest BCUT2D eigenvalue weighted by molar-refractivity contribution is 9.10. The van der Waals surface area contributed by atoms with Crippen LogP contribution < -0.4 is 5.32 Å². The zero-order valence-electron chi connectivity index (χ0n) is 9.50. The smallest absolute Gasteiger partial charge is 0.192 e. The quantitative estimate of drug-likeness (QED) is 0.904. The first kappa shape index (κ1) is 12.0. The van der Waals surface area contributed by atoms with Crippen LogP contribution in [0.2, 0.25) is 0 Å². The van der Waals surface area contributed by atoms with Crippen LogP contribution in [0.1, 0.15) is 12.5 Å². The molecular formula is C12H16BrNO2. The standard InChI is InChI=1S/C12H16BrNO2/c1-12(9-4-3-5-10(13)6-9)15-7-11(14-2)8-16-12/h3-6,11,14H,7-8H2,1-2H3. The molecule has 0 bridgehead atoms. The first-order valence-corrected chi connectivity index (χ1v) is 6.14. The van der Waals surface area contributed by atoms with Crippen molar-refractivity contribution in [2.75, 3.05) is 20.3 Å². The van der Waals surface area contributed by atoms with Crippen LogP contribution in [0.5, 0.6) is 0 Å². The van der Waals surface area contributed by atoms with Crippen molar-refractivity contribution in [1.82, 2.24) is 5.32 Å². The van der Waals surface area contributed by atoms with Gasteiger partial charge < -0.3 is 14.8 Å². The van der Waals surface area contributed by atoms with E-state index in [9.17, 15) is 0 Å². The van der Waals surface area contributed by atoms with Crippen molar-refractivity contribution < 1.29 is 9.47 Å². The Balaban J connectivity index is 2.15. The molecule has 1 aromatic carbocycles. The van der Waals surface area contributed by atoms with Gasteiger partial charge in [0.15, 0.2) is 5.79 Å². The molecule has 16 heavy (non-hydrogen) atoms. The number of benzene rings is 1. The predicted octanol–water partition coefficient (Wildman–Crippen LogP) is 2.26. The fourth-order valence-corrected chi connectivity index (χ4v) is 2.11. The first-order valence-electron chi connectivity index (χ1n) is 5.35. The number of hydrogen-bond donors (Lipinski definition) is 1. The average Bonchev–Trinajstić information content (AvgIpc) is 2.30. The van der Waals surface area contributed by atoms with Crippen LogP contribution in [0.4, 0.5) is 0 Å². The Morgan fingerprint density at radius 2 is 2.06 bits per heavy atom. The minimum Gasteiger partial charge on any atom is -0.344 e. The lowest BCUT2D eigenvalue weighted by atomic mass is 10.1. The summed E-state index contributed by atoms with van der Waals surface area (Å²) in [5, 5.41) is 3.15. The molecule has 4 heteroatoms. The number of rotatable bonds is 2. The molecule has 3 nitrogen and oxygen atoms in total. The van der Waals surface area contributed by atoms with Crippen LogP contribution in [-0.2, 0) is 15.3 Å². The Morgan fingerprint density at radius 3 is 2.62 bits per heavy atom. The van der Waals surface area contributed by atoms with E-state index in [0.29, 0.717) is 13.2 Å². The molecule has 1 aliphatic rings. The third-order valence-electron chi connectivity index (χ3n) is 2.88. The van der Waals surface area contributed by atoms with Gasteiger partial charge in [-0.1, -0.05) is 28.1 Å². The van der Waals surface area contributed by atoms with E-state index in [1.165, 1.54) is 0 Å². The maximum atomic E-state index is 5.80. The Labute approximate surface area is 104 Å². The van der Waals surface area contributed by atoms with E-state index in [0.717, 1.165) is 10.0 Å². The van der Waals surface area contributed by atoms with Gasteiger partial charge in [0.1, 0.15) is 0 Å². The normalized spacial score (nSPS) is 30.3. The highest BCUT2D eigenvalue weighted by Crippen LogP contribution is 2.31. The van der Waals surface area contributed by atoms with Crippen molar-refractivity contribution in [3.05, 3.63) is 34.3 Å². The highest BCUT2D eigenvalue weighted by Gasteiger charge is 2.34. The van der Waals surface area contributed by atoms with Crippen molar-refractivity contribution in [1.29, 1.82) is 0 Å². The van der Waals surface area contributed by atoms with Crippen LogP contribution in [-0.4, -0.2) is 26.3 Å². The molecule has 2 rings (SSSR count). The molecule has 0 unspecified atom stereocenters. The van der Waals surface area contributed by atoms with Crippen LogP contribution >= 0.6 is 15.9 Å². The minimum absolute atomic E-state index is 0.278. The molecule has 0 spiro atoms. The molecule has 0 aliphatic carbocycles. The fraction of sp³-hybridized carbons (Fsp3) is 0.500. The van der Waals surface area contributed by atoms with E-state index in [2.05, 4.69) is 21.2 Å². The second-order valence-corrected chi connectivity index (χ2v) is 4.98. The van der Waals surface area contributed by atoms with Gasteiger partial charge in [-0.3, -0.25) is 0 Å². The van der Waals surface area contributed by atoms with Gasteiger partial charge in [-0.05, 0) is 26.1 Å². The van der Waals surface area contributed by atoms with Crippen LogP contribution in [0, 0.1) is 0 Å². The van der Waals surface area contributed by atoms with Crippen molar-refractivity contribution in [2.45, 2.75) is 18.8 Å². The molecule has 1 fully saturated rings. The summed E-state index contributed by atoms with van der Waals surface area (Å²) in [5.41, 5.74) is 1.04. The number of likely N-dealkylation sites (N-methyl/N-ethyl adjacent to an activating group) is 1. The SMILES string of the molecule is CNC1COC(C)(c2cccc(Br)c2)OC1. The van der Waals surface area contributed by atoms with E-state index < -0.39 is 5.79 Å². The molecule has 0 saturated carbocycles. The largest absolute Gasteiger partial charge is 0.344 e. The Kier molecular flexibility index (Phi) is 3.64. The van der Waals surface area contributed by atoms with Crippen molar-refractivity contribution in [3.8, 4) is 0 Å². The molecule has 1 aliphatic heterocycles. The zero-order chi connectivity index (χ0) is 11.6. The molecule has 88 valence electrons. The van der Waals surface area contributed by atoms with E-state index in [4.69, 9.17) is 9.47 Å². The van der Waals surface area contributed by atoms with Gasteiger partial charge in [-0.15, -0.1) is 0 Å². The van der Waals surface area contributed by atoms with Gasteiger partial charge >= 0.3 is 0 Å². The third-order valence-corrected chi connectivity index (χ3v) is 3.37. The molecule has 1 aromatic rings. The van der Waals surface area contributed by atoms with E-state index in [1.807, 2.05) is 38.2 Å². The molecular weight excluding hydrogens is 270 g/mol. The summed E-state index contributed by atoms with van der Waals surface area (Å²) in [5.74, 6) is -0.628. The minimum atomic E-state index is -0.628. The molecule has 0 aromatic heterocycles. The lowest BCUT2D eigenvalue weighted by Crippen LogP contribution is -2.47. The lowest BCUT2D eigenvalue weighted by Gasteiger charge is -2.37. The number of ether oxygens (including phenoxy) is 2. The van der Waals surface area contributed by atoms with E-state index in [1.54, 1.807) is 0 Å². The summed E-state index contributed by atoms with van der Waals surface area (Å²) in [6.07, 6.45) is 0. The average molecular weight is 286 g/mol. The molecule has 0 atom stereocenters. The maximum absolute atomic E-state index is 5.80. The summed E-state index contributed by atoms with van der Waals surface area (Å²) >= 11 is 3.45. The predicted molar refractivity (Wildman–Crippen MR) is 66.2 cm³/mol. The first-order chi connectivity index (χ1) is 7.64. The summed E-state index contributed by atoms with van der Waals surface area (Å²) in [7, 11) is 1.92. The Bertz CT molecular complexity index is 362. The van der Waals surface area contributed by atoms with Gasteiger partial charge in [0.2, 0.25) is 0 Å². The van der Waals surface area contributed by atoms with Crippen molar-refractivity contribution in [2.24, 2.45) is 0 Å². The van der Waals surface area contributed by atoms with Gasteiger partial charge in [-0.2, -0.15) is 0 Å². The van der Waals surface area contributed by atoms with Crippen LogP contribution in [0.3, 0.4) is 0 Å². The molecule has 0 radical (unpaired) electrons. The number of halogens is 1. The van der Waals surface area contributed by atoms with Crippen molar-refractivity contribution >= 4 is 15.9 Å². The lowest BCUT2D eigenvalue weighted by molar-refractivity contribution is -0.272. The number of hydrogen-bond acceptors (Lipinski definition) is 3. The van der Waals surface area contributed by atoms with Crippen molar-refractivity contribution in [3.63, 3.8) is 0 Å². The summed E-state index contributed by atoms with van der Waals surface area (Å²) in [6, 6.07) is 8.30. The van der Waals surface area contributed by atoms with Gasteiger partial charge in [0.25, 0.3) is 0 Å². The highest BCUT2D eigenvalue weighted by atomic mass is 79.9. The molecule has 1 saturated heterocycles. The van der Waals surface area contributed by atoms with Crippen LogP contribution in [0.25, 0.3) is 0 Å². The van der Waals surface area contributed by atoms with Gasteiger partial charge in [-0.25, -0.2) is 0 Å². The van der Waals surface area contributed by atoms with E-state index >= 15 is 0 Å². The fourth-order valence-electron chi connectivity index (χ4n) is 1.71. The van der Waals surface area contributed by atoms with E-state index in [-0.39, 0.29) is 6.04 Å². The molecule has 1 N–H and O–H groups in total. The third kappa shape index (κ3) is 2.46. The monoisotopic (exact) mass is 285 g/mol. The Morgan fingerprint density at radius 1 is 1.38 bits per heavy atom.